The van der Waals surface area contributed by atoms with E-state index < -0.39 is 5.60 Å². The molecule has 0 spiro atoms. The van der Waals surface area contributed by atoms with Crippen molar-refractivity contribution in [3.05, 3.63) is 23.8 Å². The lowest BCUT2D eigenvalue weighted by Crippen LogP contribution is -2.07. The van der Waals surface area contributed by atoms with Gasteiger partial charge in [0.25, 0.3) is 0 Å². The van der Waals surface area contributed by atoms with Crippen molar-refractivity contribution in [2.75, 3.05) is 6.61 Å². The van der Waals surface area contributed by atoms with E-state index in [2.05, 4.69) is 0 Å². The molecule has 0 amide bonds. The topological polar surface area (TPSA) is 49.7 Å². The second kappa shape index (κ2) is 4.34. The standard InChI is InChI=1S/C13H18O3/c1-2-16-11-5-3-4-10(12(11)14)6-7-13(15)8-9-13/h3-5,14-15H,2,6-9H2,1H3. The van der Waals surface area contributed by atoms with Crippen molar-refractivity contribution in [1.29, 1.82) is 0 Å². The van der Waals surface area contributed by atoms with Crippen LogP contribution in [0.3, 0.4) is 0 Å². The Morgan fingerprint density at radius 2 is 2.12 bits per heavy atom. The third-order valence-corrected chi connectivity index (χ3v) is 3.07. The Balaban J connectivity index is 2.05. The molecule has 0 aromatic heterocycles. The Morgan fingerprint density at radius 1 is 1.38 bits per heavy atom. The summed E-state index contributed by atoms with van der Waals surface area (Å²) < 4.78 is 5.31. The van der Waals surface area contributed by atoms with E-state index in [1.807, 2.05) is 19.1 Å². The lowest BCUT2D eigenvalue weighted by Gasteiger charge is -2.11. The van der Waals surface area contributed by atoms with Crippen molar-refractivity contribution >= 4 is 0 Å². The molecule has 3 heteroatoms. The first kappa shape index (κ1) is 11.3. The largest absolute Gasteiger partial charge is 0.504 e. The number of ether oxygens (including phenoxy) is 1. The maximum atomic E-state index is 9.93. The molecule has 1 aromatic rings. The molecule has 16 heavy (non-hydrogen) atoms. The molecule has 1 saturated carbocycles. The van der Waals surface area contributed by atoms with E-state index in [1.54, 1.807) is 6.07 Å². The second-order valence-electron chi connectivity index (χ2n) is 4.42. The van der Waals surface area contributed by atoms with Gasteiger partial charge in [-0.3, -0.25) is 0 Å². The summed E-state index contributed by atoms with van der Waals surface area (Å²) in [5.74, 6) is 0.747. The fourth-order valence-electron chi connectivity index (χ4n) is 1.80. The van der Waals surface area contributed by atoms with Gasteiger partial charge in [0.05, 0.1) is 12.2 Å². The normalized spacial score (nSPS) is 17.1. The zero-order valence-electron chi connectivity index (χ0n) is 9.57. The van der Waals surface area contributed by atoms with Gasteiger partial charge >= 0.3 is 0 Å². The quantitative estimate of drug-likeness (QED) is 0.803. The van der Waals surface area contributed by atoms with Gasteiger partial charge in [-0.05, 0) is 44.2 Å². The average molecular weight is 222 g/mol. The zero-order chi connectivity index (χ0) is 11.6. The van der Waals surface area contributed by atoms with Crippen molar-refractivity contribution in [1.82, 2.24) is 0 Å². The molecule has 0 atom stereocenters. The zero-order valence-corrected chi connectivity index (χ0v) is 9.57. The molecule has 0 unspecified atom stereocenters. The van der Waals surface area contributed by atoms with Crippen LogP contribution in [0.25, 0.3) is 0 Å². The number of phenolic OH excluding ortho intramolecular Hbond substituents is 1. The first-order chi connectivity index (χ1) is 7.64. The van der Waals surface area contributed by atoms with Crippen LogP contribution < -0.4 is 4.74 Å². The molecule has 1 aliphatic rings. The summed E-state index contributed by atoms with van der Waals surface area (Å²) in [6, 6.07) is 5.51. The number of rotatable bonds is 5. The van der Waals surface area contributed by atoms with Crippen molar-refractivity contribution in [2.45, 2.75) is 38.2 Å². The van der Waals surface area contributed by atoms with Gasteiger partial charge in [-0.1, -0.05) is 12.1 Å². The lowest BCUT2D eigenvalue weighted by molar-refractivity contribution is 0.140. The monoisotopic (exact) mass is 222 g/mol. The summed E-state index contributed by atoms with van der Waals surface area (Å²) in [4.78, 5) is 0. The summed E-state index contributed by atoms with van der Waals surface area (Å²) in [5, 5.41) is 19.7. The lowest BCUT2D eigenvalue weighted by atomic mass is 10.0. The smallest absolute Gasteiger partial charge is 0.161 e. The maximum Gasteiger partial charge on any atom is 0.161 e. The third-order valence-electron chi connectivity index (χ3n) is 3.07. The predicted molar refractivity (Wildman–Crippen MR) is 61.8 cm³/mol. The van der Waals surface area contributed by atoms with Gasteiger partial charge in [0.1, 0.15) is 0 Å². The Morgan fingerprint density at radius 3 is 2.75 bits per heavy atom. The molecule has 0 heterocycles. The number of para-hydroxylation sites is 1. The Kier molecular flexibility index (Phi) is 3.06. The first-order valence-electron chi connectivity index (χ1n) is 5.81. The molecule has 0 radical (unpaired) electrons. The average Bonchev–Trinajstić information content (AvgIpc) is 2.99. The number of aliphatic hydroxyl groups is 1. The van der Waals surface area contributed by atoms with E-state index in [0.29, 0.717) is 18.8 Å². The summed E-state index contributed by atoms with van der Waals surface area (Å²) in [6.45, 7) is 2.43. The van der Waals surface area contributed by atoms with Crippen LogP contribution in [-0.2, 0) is 6.42 Å². The number of aryl methyl sites for hydroxylation is 1. The van der Waals surface area contributed by atoms with E-state index in [4.69, 9.17) is 4.74 Å². The maximum absolute atomic E-state index is 9.93. The first-order valence-corrected chi connectivity index (χ1v) is 5.81. The van der Waals surface area contributed by atoms with Crippen molar-refractivity contribution < 1.29 is 14.9 Å². The third kappa shape index (κ3) is 2.47. The number of hydrogen-bond donors (Lipinski definition) is 2. The van der Waals surface area contributed by atoms with Gasteiger partial charge in [0, 0.05) is 0 Å². The summed E-state index contributed by atoms with van der Waals surface area (Å²) in [5.41, 5.74) is 0.389. The Bertz CT molecular complexity index is 369. The van der Waals surface area contributed by atoms with Gasteiger partial charge in [-0.15, -0.1) is 0 Å². The summed E-state index contributed by atoms with van der Waals surface area (Å²) >= 11 is 0. The molecular formula is C13H18O3. The molecule has 2 rings (SSSR count). The van der Waals surface area contributed by atoms with Crippen LogP contribution in [0.4, 0.5) is 0 Å². The van der Waals surface area contributed by atoms with Gasteiger partial charge in [0.15, 0.2) is 11.5 Å². The van der Waals surface area contributed by atoms with Crippen LogP contribution in [0.15, 0.2) is 18.2 Å². The van der Waals surface area contributed by atoms with Crippen LogP contribution in [0, 0.1) is 0 Å². The van der Waals surface area contributed by atoms with Gasteiger partial charge < -0.3 is 14.9 Å². The second-order valence-corrected chi connectivity index (χ2v) is 4.42. The van der Waals surface area contributed by atoms with E-state index in [9.17, 15) is 10.2 Å². The SMILES string of the molecule is CCOc1cccc(CCC2(O)CC2)c1O. The van der Waals surface area contributed by atoms with E-state index in [1.165, 1.54) is 0 Å². The molecule has 88 valence electrons. The van der Waals surface area contributed by atoms with Crippen molar-refractivity contribution in [2.24, 2.45) is 0 Å². The highest BCUT2D eigenvalue weighted by Crippen LogP contribution is 2.40. The Labute approximate surface area is 95.7 Å². The molecule has 3 nitrogen and oxygen atoms in total. The van der Waals surface area contributed by atoms with Crippen LogP contribution in [0.1, 0.15) is 31.7 Å². The van der Waals surface area contributed by atoms with Gasteiger partial charge in [0.2, 0.25) is 0 Å². The Hall–Kier alpha value is -1.22. The van der Waals surface area contributed by atoms with E-state index in [0.717, 1.165) is 24.8 Å². The minimum absolute atomic E-state index is 0.216. The number of aromatic hydroxyl groups is 1. The number of phenols is 1. The van der Waals surface area contributed by atoms with Crippen LogP contribution in [-0.4, -0.2) is 22.4 Å². The molecule has 1 aliphatic carbocycles. The fourth-order valence-corrected chi connectivity index (χ4v) is 1.80. The minimum atomic E-state index is -0.464. The fraction of sp³-hybridized carbons (Fsp3) is 0.538. The van der Waals surface area contributed by atoms with Crippen LogP contribution >= 0.6 is 0 Å². The molecule has 0 saturated heterocycles. The predicted octanol–water partition coefficient (Wildman–Crippen LogP) is 2.25. The number of hydrogen-bond acceptors (Lipinski definition) is 3. The molecule has 0 aliphatic heterocycles. The molecule has 2 N–H and O–H groups in total. The van der Waals surface area contributed by atoms with Gasteiger partial charge in [-0.2, -0.15) is 0 Å². The molecule has 1 aromatic carbocycles. The molecule has 1 fully saturated rings. The van der Waals surface area contributed by atoms with E-state index >= 15 is 0 Å². The summed E-state index contributed by atoms with van der Waals surface area (Å²) in [6.07, 6.45) is 3.19. The van der Waals surface area contributed by atoms with E-state index in [-0.39, 0.29) is 5.75 Å². The summed E-state index contributed by atoms with van der Waals surface area (Å²) in [7, 11) is 0. The van der Waals surface area contributed by atoms with Crippen molar-refractivity contribution in [3.8, 4) is 11.5 Å². The highest BCUT2D eigenvalue weighted by Gasteiger charge is 2.39. The number of benzene rings is 1. The highest BCUT2D eigenvalue weighted by molar-refractivity contribution is 5.45. The van der Waals surface area contributed by atoms with Crippen LogP contribution in [0.5, 0.6) is 11.5 Å². The molecular weight excluding hydrogens is 204 g/mol. The minimum Gasteiger partial charge on any atom is -0.504 e. The van der Waals surface area contributed by atoms with Gasteiger partial charge in [-0.25, -0.2) is 0 Å². The van der Waals surface area contributed by atoms with Crippen LogP contribution in [0.2, 0.25) is 0 Å². The highest BCUT2D eigenvalue weighted by atomic mass is 16.5. The van der Waals surface area contributed by atoms with Crippen molar-refractivity contribution in [3.63, 3.8) is 0 Å². The molecule has 0 bridgehead atoms.